The molecule has 0 atom stereocenters. The maximum absolute atomic E-state index is 12.0. The van der Waals surface area contributed by atoms with E-state index >= 15 is 0 Å². The molecule has 3 rings (SSSR count). The molecule has 0 fully saturated rings. The van der Waals surface area contributed by atoms with Crippen LogP contribution in [0.5, 0.6) is 0 Å². The van der Waals surface area contributed by atoms with Crippen molar-refractivity contribution in [2.45, 2.75) is 13.5 Å². The number of thiophene rings is 2. The Labute approximate surface area is 124 Å². The van der Waals surface area contributed by atoms with Gasteiger partial charge in [-0.1, -0.05) is 18.2 Å². The molecule has 0 saturated heterocycles. The molecule has 20 heavy (non-hydrogen) atoms. The van der Waals surface area contributed by atoms with E-state index in [1.54, 1.807) is 17.4 Å². The number of fused-ring (bicyclic) bond motifs is 1. The van der Waals surface area contributed by atoms with Gasteiger partial charge in [-0.25, -0.2) is 4.79 Å². The zero-order valence-corrected chi connectivity index (χ0v) is 12.5. The minimum absolute atomic E-state index is 0.291. The molecule has 0 aliphatic rings. The molecule has 0 amide bonds. The molecule has 0 aliphatic heterocycles. The fourth-order valence-electron chi connectivity index (χ4n) is 1.96. The van der Waals surface area contributed by atoms with Crippen molar-refractivity contribution in [1.82, 2.24) is 0 Å². The Kier molecular flexibility index (Phi) is 3.46. The third-order valence-electron chi connectivity index (χ3n) is 3.08. The molecule has 0 radical (unpaired) electrons. The van der Waals surface area contributed by atoms with Crippen LogP contribution in [0.4, 0.5) is 5.69 Å². The maximum atomic E-state index is 12.0. The van der Waals surface area contributed by atoms with Crippen molar-refractivity contribution in [2.24, 2.45) is 0 Å². The summed E-state index contributed by atoms with van der Waals surface area (Å²) in [6, 6.07) is 9.78. The van der Waals surface area contributed by atoms with Crippen LogP contribution in [0.25, 0.3) is 10.1 Å². The lowest BCUT2D eigenvalue weighted by atomic mass is 10.2. The Bertz CT molecular complexity index is 754. The van der Waals surface area contributed by atoms with Crippen molar-refractivity contribution in [3.05, 3.63) is 51.0 Å². The van der Waals surface area contributed by atoms with Crippen molar-refractivity contribution in [1.29, 1.82) is 0 Å². The van der Waals surface area contributed by atoms with E-state index < -0.39 is 0 Å². The summed E-state index contributed by atoms with van der Waals surface area (Å²) in [5.41, 5.74) is 7.43. The van der Waals surface area contributed by atoms with Crippen LogP contribution in [0.15, 0.2) is 35.7 Å². The number of aryl methyl sites for hydroxylation is 1. The molecule has 2 heterocycles. The summed E-state index contributed by atoms with van der Waals surface area (Å²) in [5.74, 6) is -0.315. The molecule has 0 saturated carbocycles. The van der Waals surface area contributed by atoms with Crippen molar-refractivity contribution in [3.63, 3.8) is 0 Å². The van der Waals surface area contributed by atoms with Crippen LogP contribution in [-0.4, -0.2) is 5.97 Å². The van der Waals surface area contributed by atoms with Gasteiger partial charge in [-0.3, -0.25) is 0 Å². The third kappa shape index (κ3) is 2.42. The Hall–Kier alpha value is -1.85. The average Bonchev–Trinajstić information content (AvgIpc) is 3.01. The summed E-state index contributed by atoms with van der Waals surface area (Å²) in [6.45, 7) is 2.18. The van der Waals surface area contributed by atoms with E-state index in [-0.39, 0.29) is 5.97 Å². The monoisotopic (exact) mass is 303 g/mol. The van der Waals surface area contributed by atoms with Crippen molar-refractivity contribution < 1.29 is 9.53 Å². The van der Waals surface area contributed by atoms with Gasteiger partial charge in [0.05, 0.1) is 0 Å². The second kappa shape index (κ2) is 5.26. The highest BCUT2D eigenvalue weighted by molar-refractivity contribution is 7.17. The number of carbonyl (C=O) groups is 1. The number of carbonyl (C=O) groups excluding carboxylic acids is 1. The highest BCUT2D eigenvalue weighted by atomic mass is 32.1. The van der Waals surface area contributed by atoms with Gasteiger partial charge >= 0.3 is 5.97 Å². The fourth-order valence-corrected chi connectivity index (χ4v) is 3.74. The molecule has 3 aromatic rings. The molecule has 102 valence electrons. The first-order chi connectivity index (χ1) is 9.65. The summed E-state index contributed by atoms with van der Waals surface area (Å²) in [5, 5.41) is 3.18. The fraction of sp³-hybridized carbons (Fsp3) is 0.133. The first kappa shape index (κ1) is 13.1. The minimum Gasteiger partial charge on any atom is -0.457 e. The zero-order valence-electron chi connectivity index (χ0n) is 10.9. The Morgan fingerprint density at radius 2 is 2.15 bits per heavy atom. The standard InChI is InChI=1S/C15H13NO2S2/c1-9-12(16)6-14(20-9)15(17)18-7-10-8-19-13-5-3-2-4-11(10)13/h2-6,8H,7,16H2,1H3. The van der Waals surface area contributed by atoms with E-state index in [0.717, 1.165) is 15.8 Å². The molecule has 2 aromatic heterocycles. The first-order valence-corrected chi connectivity index (χ1v) is 7.83. The van der Waals surface area contributed by atoms with Gasteiger partial charge in [-0.15, -0.1) is 22.7 Å². The van der Waals surface area contributed by atoms with Crippen molar-refractivity contribution in [3.8, 4) is 0 Å². The molecule has 1 aromatic carbocycles. The lowest BCUT2D eigenvalue weighted by Gasteiger charge is -2.02. The van der Waals surface area contributed by atoms with Gasteiger partial charge in [0.2, 0.25) is 0 Å². The van der Waals surface area contributed by atoms with Crippen LogP contribution in [-0.2, 0) is 11.3 Å². The largest absolute Gasteiger partial charge is 0.457 e. The average molecular weight is 303 g/mol. The number of esters is 1. The number of benzene rings is 1. The van der Waals surface area contributed by atoms with Crippen LogP contribution in [0.3, 0.4) is 0 Å². The lowest BCUT2D eigenvalue weighted by Crippen LogP contribution is -2.02. The predicted molar refractivity (Wildman–Crippen MR) is 84.4 cm³/mol. The van der Waals surface area contributed by atoms with Gasteiger partial charge in [0.1, 0.15) is 11.5 Å². The van der Waals surface area contributed by atoms with Crippen LogP contribution in [0, 0.1) is 6.92 Å². The van der Waals surface area contributed by atoms with Gasteiger partial charge in [0, 0.05) is 20.8 Å². The molecular formula is C15H13NO2S2. The molecule has 0 aliphatic carbocycles. The topological polar surface area (TPSA) is 52.3 Å². The smallest absolute Gasteiger partial charge is 0.348 e. The molecule has 0 bridgehead atoms. The van der Waals surface area contributed by atoms with Gasteiger partial charge < -0.3 is 10.5 Å². The highest BCUT2D eigenvalue weighted by Crippen LogP contribution is 2.27. The van der Waals surface area contributed by atoms with Gasteiger partial charge in [0.25, 0.3) is 0 Å². The van der Waals surface area contributed by atoms with E-state index in [1.165, 1.54) is 16.0 Å². The number of ether oxygens (including phenoxy) is 1. The van der Waals surface area contributed by atoms with Crippen LogP contribution < -0.4 is 5.73 Å². The van der Waals surface area contributed by atoms with Crippen molar-refractivity contribution >= 4 is 44.4 Å². The van der Waals surface area contributed by atoms with Gasteiger partial charge in [-0.2, -0.15) is 0 Å². The maximum Gasteiger partial charge on any atom is 0.348 e. The summed E-state index contributed by atoms with van der Waals surface area (Å²) >= 11 is 3.03. The number of hydrogen-bond donors (Lipinski definition) is 1. The Balaban J connectivity index is 1.74. The van der Waals surface area contributed by atoms with Crippen LogP contribution in [0.1, 0.15) is 20.1 Å². The van der Waals surface area contributed by atoms with Crippen LogP contribution in [0.2, 0.25) is 0 Å². The molecule has 0 spiro atoms. The lowest BCUT2D eigenvalue weighted by molar-refractivity contribution is 0.0480. The normalized spacial score (nSPS) is 10.8. The SMILES string of the molecule is Cc1sc(C(=O)OCc2csc3ccccc23)cc1N. The second-order valence-corrected chi connectivity index (χ2v) is 6.62. The molecular weight excluding hydrogens is 290 g/mol. The quantitative estimate of drug-likeness (QED) is 0.737. The summed E-state index contributed by atoms with van der Waals surface area (Å²) in [6.07, 6.45) is 0. The minimum atomic E-state index is -0.315. The van der Waals surface area contributed by atoms with Gasteiger partial charge in [0.15, 0.2) is 0 Å². The number of hydrogen-bond acceptors (Lipinski definition) is 5. The van der Waals surface area contributed by atoms with Crippen LogP contribution >= 0.6 is 22.7 Å². The predicted octanol–water partition coefficient (Wildman–Crippen LogP) is 4.21. The third-order valence-corrected chi connectivity index (χ3v) is 5.14. The van der Waals surface area contributed by atoms with E-state index in [9.17, 15) is 4.79 Å². The summed E-state index contributed by atoms with van der Waals surface area (Å²) in [7, 11) is 0. The molecule has 5 heteroatoms. The van der Waals surface area contributed by atoms with E-state index in [1.807, 2.05) is 30.5 Å². The van der Waals surface area contributed by atoms with E-state index in [0.29, 0.717) is 17.2 Å². The first-order valence-electron chi connectivity index (χ1n) is 6.13. The second-order valence-electron chi connectivity index (χ2n) is 4.46. The summed E-state index contributed by atoms with van der Waals surface area (Å²) in [4.78, 5) is 13.5. The number of nitrogen functional groups attached to an aromatic ring is 1. The molecule has 3 nitrogen and oxygen atoms in total. The highest BCUT2D eigenvalue weighted by Gasteiger charge is 2.13. The van der Waals surface area contributed by atoms with Gasteiger partial charge in [-0.05, 0) is 29.8 Å². The number of anilines is 1. The number of rotatable bonds is 3. The zero-order chi connectivity index (χ0) is 14.1. The molecule has 2 N–H and O–H groups in total. The van der Waals surface area contributed by atoms with E-state index in [2.05, 4.69) is 6.07 Å². The Morgan fingerprint density at radius 1 is 1.35 bits per heavy atom. The Morgan fingerprint density at radius 3 is 2.90 bits per heavy atom. The van der Waals surface area contributed by atoms with E-state index in [4.69, 9.17) is 10.5 Å². The van der Waals surface area contributed by atoms with Crippen molar-refractivity contribution in [2.75, 3.05) is 5.73 Å². The summed E-state index contributed by atoms with van der Waals surface area (Å²) < 4.78 is 6.57. The number of nitrogens with two attached hydrogens (primary N) is 1. The molecule has 0 unspecified atom stereocenters.